The van der Waals surface area contributed by atoms with Crippen LogP contribution in [-0.2, 0) is 0 Å². The molecule has 424 valence electrons. The van der Waals surface area contributed by atoms with Crippen LogP contribution in [0.1, 0.15) is 0 Å². The van der Waals surface area contributed by atoms with Crippen LogP contribution in [0.5, 0.6) is 11.5 Å². The van der Waals surface area contributed by atoms with Gasteiger partial charge in [-0.1, -0.05) is 249 Å². The normalized spacial score (nSPS) is 13.6. The molecule has 92 heavy (non-hydrogen) atoms. The van der Waals surface area contributed by atoms with Crippen molar-refractivity contribution in [1.82, 2.24) is 0 Å². The van der Waals surface area contributed by atoms with Gasteiger partial charge < -0.3 is 24.3 Å². The quantitative estimate of drug-likeness (QED) is 0.148. The summed E-state index contributed by atoms with van der Waals surface area (Å²) in [6.07, 6.45) is 0. The Morgan fingerprint density at radius 3 is 1.10 bits per heavy atom. The molecule has 6 aliphatic heterocycles. The maximum atomic E-state index is 7.84. The number of hydrogen-bond acceptors (Lipinski definition) is 5. The minimum Gasteiger partial charge on any atom is -0.458 e. The largest absolute Gasteiger partial charge is 0.458 e. The van der Waals surface area contributed by atoms with Crippen LogP contribution < -0.4 is 73.5 Å². The van der Waals surface area contributed by atoms with Gasteiger partial charge in [0.2, 0.25) is 0 Å². The SMILES string of the molecule is c1ccc(-c2ccc(-c3cc4c5c(c3)N(c3ccccc3)c3ccccc3B5c3cc5c(cc3O4)N(c3c(-c4ccccc4)cccc3-c3ccccc3)c3cc4c6c7c3B5c3ccccc3N7c3ccccc3B6c3ccccc3N4c3ccccc3)cc2)cc1. The standard InChI is InChI=1S/C84H53B3N4O/c1-6-25-54(26-7-1)55-45-47-56(48-46-55)59-49-75-80-79(50-59)92-78-53-74-68(51-69(78)87(80)65-38-17-21-42-71(65)88(75)60-31-12-4-13-32-60)86-67-40-19-23-44-73(67)90-72-43-22-18-39-66(72)85-64-37-16-20-41-70(64)89(61-33-14-5-15-34-61)76-52-77(82(86)84(90)81(76)85)91(74)83-62(57-27-8-2-9-28-57)35-24-36-63(83)58-29-10-3-11-30-58/h1-53H. The summed E-state index contributed by atoms with van der Waals surface area (Å²) in [5, 5.41) is 0. The second-order valence-corrected chi connectivity index (χ2v) is 25.0. The lowest BCUT2D eigenvalue weighted by Crippen LogP contribution is -2.69. The van der Waals surface area contributed by atoms with Crippen molar-refractivity contribution in [2.75, 3.05) is 19.6 Å². The van der Waals surface area contributed by atoms with Crippen molar-refractivity contribution >= 4 is 138 Å². The van der Waals surface area contributed by atoms with E-state index in [1.807, 2.05) is 0 Å². The second kappa shape index (κ2) is 19.9. The summed E-state index contributed by atoms with van der Waals surface area (Å²) in [7, 11) is 0. The molecule has 0 atom stereocenters. The number of para-hydroxylation sites is 7. The summed E-state index contributed by atoms with van der Waals surface area (Å²) in [5.74, 6) is 1.70. The molecule has 8 heteroatoms. The van der Waals surface area contributed by atoms with Crippen molar-refractivity contribution in [3.05, 3.63) is 322 Å². The van der Waals surface area contributed by atoms with Crippen LogP contribution >= 0.6 is 0 Å². The number of hydrogen-bond donors (Lipinski definition) is 0. The molecular formula is C84H53B3N4O. The average molecular weight is 1170 g/mol. The van der Waals surface area contributed by atoms with E-state index in [-0.39, 0.29) is 20.1 Å². The molecule has 5 nitrogen and oxygen atoms in total. The van der Waals surface area contributed by atoms with Crippen LogP contribution in [0.2, 0.25) is 0 Å². The van der Waals surface area contributed by atoms with E-state index in [2.05, 4.69) is 341 Å². The van der Waals surface area contributed by atoms with Crippen LogP contribution in [0.4, 0.5) is 68.2 Å². The summed E-state index contributed by atoms with van der Waals surface area (Å²) in [6.45, 7) is -0.403. The highest BCUT2D eigenvalue weighted by Gasteiger charge is 2.53. The van der Waals surface area contributed by atoms with E-state index in [0.717, 1.165) is 95.6 Å². The van der Waals surface area contributed by atoms with Gasteiger partial charge >= 0.3 is 0 Å². The summed E-state index contributed by atoms with van der Waals surface area (Å²) < 4.78 is 7.84. The highest BCUT2D eigenvalue weighted by Crippen LogP contribution is 2.54. The third-order valence-corrected chi connectivity index (χ3v) is 20.2. The van der Waals surface area contributed by atoms with Gasteiger partial charge in [-0.05, 0) is 149 Å². The van der Waals surface area contributed by atoms with Gasteiger partial charge in [-0.25, -0.2) is 0 Å². The fraction of sp³-hybridized carbons (Fsp3) is 0. The summed E-state index contributed by atoms with van der Waals surface area (Å²) in [6, 6.07) is 120. The van der Waals surface area contributed by atoms with E-state index in [4.69, 9.17) is 4.74 Å². The smallest absolute Gasteiger partial charge is 0.256 e. The van der Waals surface area contributed by atoms with E-state index >= 15 is 0 Å². The Bertz CT molecular complexity index is 5290. The molecule has 0 saturated heterocycles. The zero-order valence-electron chi connectivity index (χ0n) is 50.0. The van der Waals surface area contributed by atoms with Crippen molar-refractivity contribution in [3.63, 3.8) is 0 Å². The van der Waals surface area contributed by atoms with Gasteiger partial charge in [-0.3, -0.25) is 0 Å². The van der Waals surface area contributed by atoms with Crippen molar-refractivity contribution in [1.29, 1.82) is 0 Å². The second-order valence-electron chi connectivity index (χ2n) is 25.0. The Morgan fingerprint density at radius 1 is 0.207 bits per heavy atom. The number of fused-ring (bicyclic) bond motifs is 14. The third kappa shape index (κ3) is 7.34. The molecule has 0 N–H and O–H groups in total. The Hall–Kier alpha value is -11.7. The maximum Gasteiger partial charge on any atom is 0.256 e. The van der Waals surface area contributed by atoms with Crippen molar-refractivity contribution in [3.8, 4) is 56.0 Å². The van der Waals surface area contributed by atoms with Crippen molar-refractivity contribution in [2.24, 2.45) is 0 Å². The molecule has 0 aromatic heterocycles. The first kappa shape index (κ1) is 51.2. The van der Waals surface area contributed by atoms with Gasteiger partial charge in [0.05, 0.1) is 5.69 Å². The zero-order valence-corrected chi connectivity index (χ0v) is 50.0. The van der Waals surface area contributed by atoms with E-state index in [1.165, 1.54) is 77.8 Å². The molecule has 0 bridgehead atoms. The average Bonchev–Trinajstić information content (AvgIpc) is 0.669. The molecule has 0 amide bonds. The number of benzene rings is 14. The van der Waals surface area contributed by atoms with E-state index in [9.17, 15) is 0 Å². The number of ether oxygens (including phenoxy) is 1. The molecule has 0 fully saturated rings. The number of nitrogens with zero attached hydrogens (tertiary/aromatic N) is 4. The first-order valence-corrected chi connectivity index (χ1v) is 32.0. The molecule has 6 heterocycles. The van der Waals surface area contributed by atoms with E-state index in [1.54, 1.807) is 0 Å². The third-order valence-electron chi connectivity index (χ3n) is 20.2. The van der Waals surface area contributed by atoms with Gasteiger partial charge in [-0.15, -0.1) is 0 Å². The molecule has 0 radical (unpaired) electrons. The van der Waals surface area contributed by atoms with Crippen LogP contribution in [0, 0.1) is 0 Å². The lowest BCUT2D eigenvalue weighted by molar-refractivity contribution is 0.488. The minimum absolute atomic E-state index is 0.0454. The predicted molar refractivity (Wildman–Crippen MR) is 387 cm³/mol. The van der Waals surface area contributed by atoms with Crippen LogP contribution in [0.25, 0.3) is 44.5 Å². The lowest BCUT2D eigenvalue weighted by Gasteiger charge is -2.51. The lowest BCUT2D eigenvalue weighted by atomic mass is 9.28. The fourth-order valence-corrected chi connectivity index (χ4v) is 16.5. The molecule has 6 aliphatic rings. The topological polar surface area (TPSA) is 22.2 Å². The number of rotatable bonds is 7. The van der Waals surface area contributed by atoms with Crippen LogP contribution in [0.15, 0.2) is 322 Å². The molecule has 0 spiro atoms. The molecule has 0 saturated carbocycles. The Labute approximate surface area is 536 Å². The van der Waals surface area contributed by atoms with E-state index in [0.29, 0.717) is 0 Å². The Balaban J connectivity index is 0.910. The van der Waals surface area contributed by atoms with Gasteiger partial charge in [0.15, 0.2) is 0 Å². The van der Waals surface area contributed by atoms with Crippen molar-refractivity contribution < 1.29 is 4.74 Å². The molecule has 0 unspecified atom stereocenters. The predicted octanol–water partition coefficient (Wildman–Crippen LogP) is 15.5. The maximum absolute atomic E-state index is 7.84. The first-order valence-electron chi connectivity index (χ1n) is 32.0. The monoisotopic (exact) mass is 1170 g/mol. The summed E-state index contributed by atoms with van der Waals surface area (Å²) >= 11 is 0. The fourth-order valence-electron chi connectivity index (χ4n) is 16.5. The molecule has 20 rings (SSSR count). The van der Waals surface area contributed by atoms with Gasteiger partial charge in [0.25, 0.3) is 20.1 Å². The van der Waals surface area contributed by atoms with Gasteiger partial charge in [-0.2, -0.15) is 0 Å². The molecule has 0 aliphatic carbocycles. The Morgan fingerprint density at radius 2 is 0.587 bits per heavy atom. The summed E-state index contributed by atoms with van der Waals surface area (Å²) in [5.41, 5.74) is 34.2. The van der Waals surface area contributed by atoms with Crippen LogP contribution in [-0.4, -0.2) is 20.1 Å². The minimum atomic E-state index is -0.187. The first-order chi connectivity index (χ1) is 45.7. The van der Waals surface area contributed by atoms with Crippen molar-refractivity contribution in [2.45, 2.75) is 0 Å². The van der Waals surface area contributed by atoms with E-state index < -0.39 is 0 Å². The van der Waals surface area contributed by atoms with Gasteiger partial charge in [0, 0.05) is 79.8 Å². The van der Waals surface area contributed by atoms with Gasteiger partial charge in [0.1, 0.15) is 11.5 Å². The highest BCUT2D eigenvalue weighted by atomic mass is 16.5. The zero-order chi connectivity index (χ0) is 60.1. The molecular weight excluding hydrogens is 1110 g/mol. The highest BCUT2D eigenvalue weighted by molar-refractivity contribution is 7.05. The Kier molecular flexibility index (Phi) is 11.1. The molecule has 14 aromatic carbocycles. The van der Waals surface area contributed by atoms with Crippen LogP contribution in [0.3, 0.4) is 0 Å². The summed E-state index contributed by atoms with van der Waals surface area (Å²) in [4.78, 5) is 10.3. The molecule has 14 aromatic rings. The number of anilines is 12.